The molecule has 16 heavy (non-hydrogen) atoms. The molecule has 4 heteroatoms. The summed E-state index contributed by atoms with van der Waals surface area (Å²) in [6.07, 6.45) is 0. The second-order valence-corrected chi connectivity index (χ2v) is 4.04. The molecule has 0 bridgehead atoms. The van der Waals surface area contributed by atoms with Gasteiger partial charge in [-0.2, -0.15) is 0 Å². The van der Waals surface area contributed by atoms with Crippen molar-refractivity contribution in [2.45, 2.75) is 26.8 Å². The van der Waals surface area contributed by atoms with Gasteiger partial charge in [-0.3, -0.25) is 4.79 Å². The Morgan fingerprint density at radius 1 is 1.44 bits per heavy atom. The van der Waals surface area contributed by atoms with Crippen molar-refractivity contribution in [3.8, 4) is 0 Å². The Bertz CT molecular complexity index is 393. The minimum atomic E-state index is -0.896. The third kappa shape index (κ3) is 2.95. The molecule has 1 rings (SSSR count). The highest BCUT2D eigenvalue weighted by Gasteiger charge is 2.19. The maximum absolute atomic E-state index is 13.5. The molecular formula is C12H16FNO2. The Hall–Kier alpha value is -1.58. The predicted octanol–water partition coefficient (Wildman–Crippen LogP) is 2.66. The molecule has 2 N–H and O–H groups in total. The minimum Gasteiger partial charge on any atom is -0.481 e. The fraction of sp³-hybridized carbons (Fsp3) is 0.417. The molecule has 1 aromatic rings. The fourth-order valence-corrected chi connectivity index (χ4v) is 1.32. The summed E-state index contributed by atoms with van der Waals surface area (Å²) in [4.78, 5) is 10.7. The van der Waals surface area contributed by atoms with Crippen molar-refractivity contribution in [2.75, 3.05) is 5.32 Å². The molecule has 0 amide bonds. The third-order valence-electron chi connectivity index (χ3n) is 2.65. The first-order valence-electron chi connectivity index (χ1n) is 5.17. The van der Waals surface area contributed by atoms with Gasteiger partial charge in [0.1, 0.15) is 5.82 Å². The molecule has 0 aliphatic heterocycles. The minimum absolute atomic E-state index is 0.324. The van der Waals surface area contributed by atoms with Crippen molar-refractivity contribution in [1.82, 2.24) is 0 Å². The number of hydrogen-bond acceptors (Lipinski definition) is 2. The van der Waals surface area contributed by atoms with Gasteiger partial charge < -0.3 is 10.4 Å². The van der Waals surface area contributed by atoms with E-state index in [1.807, 2.05) is 0 Å². The number of rotatable bonds is 4. The van der Waals surface area contributed by atoms with Crippen LogP contribution >= 0.6 is 0 Å². The van der Waals surface area contributed by atoms with Crippen LogP contribution in [0.5, 0.6) is 0 Å². The fourth-order valence-electron chi connectivity index (χ4n) is 1.32. The number of aryl methyl sites for hydroxylation is 1. The van der Waals surface area contributed by atoms with Gasteiger partial charge in [0.05, 0.1) is 11.6 Å². The van der Waals surface area contributed by atoms with E-state index >= 15 is 0 Å². The Balaban J connectivity index is 2.77. The quantitative estimate of drug-likeness (QED) is 0.828. The van der Waals surface area contributed by atoms with Gasteiger partial charge in [-0.25, -0.2) is 4.39 Å². The van der Waals surface area contributed by atoms with Crippen molar-refractivity contribution in [1.29, 1.82) is 0 Å². The summed E-state index contributed by atoms with van der Waals surface area (Å²) in [5, 5.41) is 11.7. The van der Waals surface area contributed by atoms with E-state index in [0.717, 1.165) is 5.56 Å². The summed E-state index contributed by atoms with van der Waals surface area (Å²) >= 11 is 0. The molecule has 0 fully saturated rings. The Morgan fingerprint density at radius 2 is 2.06 bits per heavy atom. The van der Waals surface area contributed by atoms with Gasteiger partial charge in [0.15, 0.2) is 0 Å². The zero-order valence-electron chi connectivity index (χ0n) is 9.62. The molecule has 1 aromatic carbocycles. The maximum Gasteiger partial charge on any atom is 0.308 e. The Morgan fingerprint density at radius 3 is 2.56 bits per heavy atom. The molecule has 0 saturated carbocycles. The molecule has 2 atom stereocenters. The second-order valence-electron chi connectivity index (χ2n) is 4.04. The number of halogens is 1. The van der Waals surface area contributed by atoms with Gasteiger partial charge in [-0.05, 0) is 38.5 Å². The molecule has 0 aliphatic rings. The molecule has 0 aromatic heterocycles. The number of nitrogens with one attached hydrogen (secondary N) is 1. The molecule has 88 valence electrons. The lowest BCUT2D eigenvalue weighted by atomic mass is 10.0. The van der Waals surface area contributed by atoms with Crippen LogP contribution in [0.2, 0.25) is 0 Å². The largest absolute Gasteiger partial charge is 0.481 e. The van der Waals surface area contributed by atoms with E-state index in [4.69, 9.17) is 5.11 Å². The molecule has 0 saturated heterocycles. The predicted molar refractivity (Wildman–Crippen MR) is 61.0 cm³/mol. The summed E-state index contributed by atoms with van der Waals surface area (Å²) in [6, 6.07) is 4.49. The van der Waals surface area contributed by atoms with Gasteiger partial charge in [0.25, 0.3) is 0 Å². The molecule has 0 aliphatic carbocycles. The average Bonchev–Trinajstić information content (AvgIpc) is 2.20. The van der Waals surface area contributed by atoms with E-state index in [0.29, 0.717) is 5.69 Å². The summed E-state index contributed by atoms with van der Waals surface area (Å²) in [5.74, 6) is -1.82. The van der Waals surface area contributed by atoms with Gasteiger partial charge in [-0.1, -0.05) is 6.07 Å². The van der Waals surface area contributed by atoms with Crippen LogP contribution in [-0.4, -0.2) is 17.1 Å². The lowest BCUT2D eigenvalue weighted by Gasteiger charge is -2.19. The molecule has 0 radical (unpaired) electrons. The smallest absolute Gasteiger partial charge is 0.308 e. The van der Waals surface area contributed by atoms with E-state index < -0.39 is 11.9 Å². The van der Waals surface area contributed by atoms with Crippen LogP contribution in [0.25, 0.3) is 0 Å². The van der Waals surface area contributed by atoms with E-state index in [1.54, 1.807) is 32.9 Å². The number of carbonyl (C=O) groups is 1. The number of benzene rings is 1. The van der Waals surface area contributed by atoms with Crippen LogP contribution < -0.4 is 5.32 Å². The van der Waals surface area contributed by atoms with Crippen molar-refractivity contribution in [2.24, 2.45) is 5.92 Å². The van der Waals surface area contributed by atoms with Crippen LogP contribution in [0.4, 0.5) is 10.1 Å². The van der Waals surface area contributed by atoms with Crippen molar-refractivity contribution in [3.05, 3.63) is 29.6 Å². The summed E-state index contributed by atoms with van der Waals surface area (Å²) in [5.41, 5.74) is 1.17. The van der Waals surface area contributed by atoms with Crippen LogP contribution in [0.1, 0.15) is 19.4 Å². The lowest BCUT2D eigenvalue weighted by Crippen LogP contribution is -2.30. The SMILES string of the molecule is Cc1ccc(NC(C)C(C)C(=O)O)c(F)c1. The normalized spacial score (nSPS) is 14.2. The van der Waals surface area contributed by atoms with Crippen molar-refractivity contribution in [3.63, 3.8) is 0 Å². The molecule has 3 nitrogen and oxygen atoms in total. The van der Waals surface area contributed by atoms with E-state index in [9.17, 15) is 9.18 Å². The summed E-state index contributed by atoms with van der Waals surface area (Å²) in [7, 11) is 0. The molecular weight excluding hydrogens is 209 g/mol. The maximum atomic E-state index is 13.5. The second kappa shape index (κ2) is 4.96. The highest BCUT2D eigenvalue weighted by atomic mass is 19.1. The van der Waals surface area contributed by atoms with Gasteiger partial charge >= 0.3 is 5.97 Å². The highest BCUT2D eigenvalue weighted by molar-refractivity contribution is 5.71. The van der Waals surface area contributed by atoms with Gasteiger partial charge in [0, 0.05) is 6.04 Å². The zero-order valence-corrected chi connectivity index (χ0v) is 9.62. The summed E-state index contributed by atoms with van der Waals surface area (Å²) in [6.45, 7) is 5.11. The van der Waals surface area contributed by atoms with Crippen LogP contribution in [-0.2, 0) is 4.79 Å². The number of hydrogen-bond donors (Lipinski definition) is 2. The first-order valence-corrected chi connectivity index (χ1v) is 5.17. The van der Waals surface area contributed by atoms with E-state index in [1.165, 1.54) is 6.07 Å². The highest BCUT2D eigenvalue weighted by Crippen LogP contribution is 2.18. The molecule has 2 unspecified atom stereocenters. The average molecular weight is 225 g/mol. The first kappa shape index (κ1) is 12.5. The van der Waals surface area contributed by atoms with Gasteiger partial charge in [0.2, 0.25) is 0 Å². The number of carboxylic acid groups (broad SMARTS) is 1. The van der Waals surface area contributed by atoms with Crippen LogP contribution in [0.15, 0.2) is 18.2 Å². The topological polar surface area (TPSA) is 49.3 Å². The molecule has 0 heterocycles. The number of carboxylic acids is 1. The monoisotopic (exact) mass is 225 g/mol. The van der Waals surface area contributed by atoms with E-state index in [2.05, 4.69) is 5.32 Å². The number of aliphatic carboxylic acids is 1. The zero-order chi connectivity index (χ0) is 12.3. The standard InChI is InChI=1S/C12H16FNO2/c1-7-4-5-11(10(13)6-7)14-9(3)8(2)12(15)16/h4-6,8-9,14H,1-3H3,(H,15,16). The summed E-state index contributed by atoms with van der Waals surface area (Å²) < 4.78 is 13.5. The lowest BCUT2D eigenvalue weighted by molar-refractivity contribution is -0.141. The van der Waals surface area contributed by atoms with Crippen LogP contribution in [0, 0.1) is 18.7 Å². The Labute approximate surface area is 94.3 Å². The molecule has 0 spiro atoms. The Kier molecular flexibility index (Phi) is 3.88. The van der Waals surface area contributed by atoms with E-state index in [-0.39, 0.29) is 11.9 Å². The first-order chi connectivity index (χ1) is 7.41. The van der Waals surface area contributed by atoms with Crippen LogP contribution in [0.3, 0.4) is 0 Å². The number of anilines is 1. The van der Waals surface area contributed by atoms with Gasteiger partial charge in [-0.15, -0.1) is 0 Å². The third-order valence-corrected chi connectivity index (χ3v) is 2.65. The van der Waals surface area contributed by atoms with Crippen molar-refractivity contribution >= 4 is 11.7 Å². The van der Waals surface area contributed by atoms with Crippen molar-refractivity contribution < 1.29 is 14.3 Å².